The fraction of sp³-hybridized carbons (Fsp3) is 0.933. The number of piperazine rings is 1. The molecule has 0 aliphatic carbocycles. The van der Waals surface area contributed by atoms with Gasteiger partial charge in [-0.2, -0.15) is 0 Å². The lowest BCUT2D eigenvalue weighted by Gasteiger charge is -2.38. The maximum atomic E-state index is 12.1. The van der Waals surface area contributed by atoms with E-state index in [-0.39, 0.29) is 11.6 Å². The molecule has 2 amide bonds. The van der Waals surface area contributed by atoms with E-state index in [4.69, 9.17) is 0 Å². The van der Waals surface area contributed by atoms with E-state index < -0.39 is 0 Å². The quantitative estimate of drug-likeness (QED) is 0.798. The zero-order valence-electron chi connectivity index (χ0n) is 13.2. The fourth-order valence-electron chi connectivity index (χ4n) is 2.96. The van der Waals surface area contributed by atoms with Gasteiger partial charge >= 0.3 is 6.03 Å². The van der Waals surface area contributed by atoms with Gasteiger partial charge in [0.25, 0.3) is 0 Å². The highest BCUT2D eigenvalue weighted by Crippen LogP contribution is 2.15. The van der Waals surface area contributed by atoms with Crippen LogP contribution in [0.25, 0.3) is 0 Å². The summed E-state index contributed by atoms with van der Waals surface area (Å²) in [6, 6.07) is 0.0824. The first-order chi connectivity index (χ1) is 9.44. The lowest BCUT2D eigenvalue weighted by atomic mass is 9.97. The Hall–Kier alpha value is -0.810. The van der Waals surface area contributed by atoms with Crippen LogP contribution in [-0.4, -0.2) is 67.2 Å². The second kappa shape index (κ2) is 6.76. The Morgan fingerprint density at radius 2 is 1.75 bits per heavy atom. The Kier molecular flexibility index (Phi) is 5.27. The highest BCUT2D eigenvalue weighted by atomic mass is 16.2. The Morgan fingerprint density at radius 1 is 1.15 bits per heavy atom. The molecule has 0 radical (unpaired) electrons. The van der Waals surface area contributed by atoms with E-state index in [1.54, 1.807) is 0 Å². The van der Waals surface area contributed by atoms with Crippen molar-refractivity contribution in [1.82, 2.24) is 20.4 Å². The van der Waals surface area contributed by atoms with Crippen molar-refractivity contribution in [1.29, 1.82) is 0 Å². The van der Waals surface area contributed by atoms with Gasteiger partial charge in [0.15, 0.2) is 0 Å². The second-order valence-corrected chi connectivity index (χ2v) is 7.16. The highest BCUT2D eigenvalue weighted by Gasteiger charge is 2.25. The predicted molar refractivity (Wildman–Crippen MR) is 81.9 cm³/mol. The number of urea groups is 1. The third-order valence-corrected chi connectivity index (χ3v) is 4.12. The number of hydrogen-bond donors (Lipinski definition) is 2. The number of amides is 2. The van der Waals surface area contributed by atoms with E-state index in [9.17, 15) is 4.79 Å². The largest absolute Gasteiger partial charge is 0.333 e. The van der Waals surface area contributed by atoms with Crippen LogP contribution < -0.4 is 10.6 Å². The number of nitrogens with one attached hydrogen (secondary N) is 2. The van der Waals surface area contributed by atoms with E-state index in [0.717, 1.165) is 32.1 Å². The van der Waals surface area contributed by atoms with Crippen LogP contribution in [0.2, 0.25) is 0 Å². The molecule has 0 spiro atoms. The maximum absolute atomic E-state index is 12.1. The maximum Gasteiger partial charge on any atom is 0.317 e. The van der Waals surface area contributed by atoms with E-state index in [2.05, 4.69) is 15.5 Å². The molecule has 2 aliphatic heterocycles. The molecule has 0 atom stereocenters. The molecule has 2 heterocycles. The van der Waals surface area contributed by atoms with Gasteiger partial charge in [-0.25, -0.2) is 4.79 Å². The average molecular weight is 282 g/mol. The Bertz CT molecular complexity index is 312. The molecular weight excluding hydrogens is 252 g/mol. The number of carbonyl (C=O) groups excluding carboxylic acids is 1. The molecule has 2 aliphatic rings. The molecule has 0 saturated carbocycles. The first kappa shape index (κ1) is 15.6. The normalized spacial score (nSPS) is 22.9. The van der Waals surface area contributed by atoms with Crippen LogP contribution in [0.1, 0.15) is 33.6 Å². The second-order valence-electron chi connectivity index (χ2n) is 7.16. The van der Waals surface area contributed by atoms with E-state index >= 15 is 0 Å². The Morgan fingerprint density at radius 3 is 2.30 bits per heavy atom. The molecular formula is C15H30N4O. The van der Waals surface area contributed by atoms with Gasteiger partial charge in [0, 0.05) is 38.3 Å². The number of piperidine rings is 1. The molecule has 2 fully saturated rings. The molecule has 5 nitrogen and oxygen atoms in total. The van der Waals surface area contributed by atoms with Crippen molar-refractivity contribution in [3.05, 3.63) is 0 Å². The van der Waals surface area contributed by atoms with Crippen LogP contribution in [0.15, 0.2) is 0 Å². The predicted octanol–water partition coefficient (Wildman–Crippen LogP) is 1.11. The SMILES string of the molecule is CC(C)(C)NC(=O)N1CCN(CC2CCNCC2)CC1. The minimum absolute atomic E-state index is 0.0824. The first-order valence-corrected chi connectivity index (χ1v) is 7.94. The number of nitrogens with zero attached hydrogens (tertiary/aromatic N) is 2. The minimum Gasteiger partial charge on any atom is -0.333 e. The van der Waals surface area contributed by atoms with Crippen molar-refractivity contribution >= 4 is 6.03 Å². The third kappa shape index (κ3) is 4.94. The smallest absolute Gasteiger partial charge is 0.317 e. The van der Waals surface area contributed by atoms with Crippen molar-refractivity contribution in [2.75, 3.05) is 45.8 Å². The summed E-state index contributed by atoms with van der Waals surface area (Å²) < 4.78 is 0. The van der Waals surface area contributed by atoms with Crippen LogP contribution in [0.5, 0.6) is 0 Å². The molecule has 2 N–H and O–H groups in total. The van der Waals surface area contributed by atoms with Crippen LogP contribution in [0.4, 0.5) is 4.79 Å². The van der Waals surface area contributed by atoms with Crippen LogP contribution >= 0.6 is 0 Å². The molecule has 0 unspecified atom stereocenters. The van der Waals surface area contributed by atoms with Crippen molar-refractivity contribution in [3.8, 4) is 0 Å². The van der Waals surface area contributed by atoms with Gasteiger partial charge in [0.05, 0.1) is 0 Å². The summed E-state index contributed by atoms with van der Waals surface area (Å²) in [5.41, 5.74) is -0.149. The molecule has 116 valence electrons. The summed E-state index contributed by atoms with van der Waals surface area (Å²) >= 11 is 0. The van der Waals surface area contributed by atoms with Crippen molar-refractivity contribution in [2.45, 2.75) is 39.2 Å². The van der Waals surface area contributed by atoms with Gasteiger partial charge in [-0.3, -0.25) is 4.90 Å². The van der Waals surface area contributed by atoms with Crippen LogP contribution in [0.3, 0.4) is 0 Å². The summed E-state index contributed by atoms with van der Waals surface area (Å²) in [6.07, 6.45) is 2.59. The molecule has 2 saturated heterocycles. The minimum atomic E-state index is -0.149. The number of rotatable bonds is 2. The van der Waals surface area contributed by atoms with Gasteiger partial charge in [0.1, 0.15) is 0 Å². The molecule has 0 aromatic rings. The van der Waals surface area contributed by atoms with E-state index in [0.29, 0.717) is 0 Å². The lowest BCUT2D eigenvalue weighted by Crippen LogP contribution is -2.55. The summed E-state index contributed by atoms with van der Waals surface area (Å²) in [7, 11) is 0. The molecule has 0 aromatic carbocycles. The fourth-order valence-corrected chi connectivity index (χ4v) is 2.96. The van der Waals surface area contributed by atoms with Crippen molar-refractivity contribution < 1.29 is 4.79 Å². The molecule has 2 rings (SSSR count). The van der Waals surface area contributed by atoms with Gasteiger partial charge in [-0.15, -0.1) is 0 Å². The molecule has 0 bridgehead atoms. The van der Waals surface area contributed by atoms with Gasteiger partial charge in [0.2, 0.25) is 0 Å². The number of carbonyl (C=O) groups is 1. The summed E-state index contributed by atoms with van der Waals surface area (Å²) in [5, 5.41) is 6.46. The highest BCUT2D eigenvalue weighted by molar-refractivity contribution is 5.75. The number of hydrogen-bond acceptors (Lipinski definition) is 3. The van der Waals surface area contributed by atoms with Crippen LogP contribution in [0, 0.1) is 5.92 Å². The molecule has 5 heteroatoms. The first-order valence-electron chi connectivity index (χ1n) is 7.94. The zero-order chi connectivity index (χ0) is 14.6. The lowest BCUT2D eigenvalue weighted by molar-refractivity contribution is 0.118. The third-order valence-electron chi connectivity index (χ3n) is 4.12. The van der Waals surface area contributed by atoms with Gasteiger partial charge in [-0.1, -0.05) is 0 Å². The summed E-state index contributed by atoms with van der Waals surface area (Å²) in [5.74, 6) is 0.839. The summed E-state index contributed by atoms with van der Waals surface area (Å²) in [6.45, 7) is 13.4. The molecule has 0 aromatic heterocycles. The summed E-state index contributed by atoms with van der Waals surface area (Å²) in [4.78, 5) is 16.6. The van der Waals surface area contributed by atoms with Crippen LogP contribution in [-0.2, 0) is 0 Å². The van der Waals surface area contributed by atoms with Crippen molar-refractivity contribution in [2.24, 2.45) is 5.92 Å². The standard InChI is InChI=1S/C15H30N4O/c1-15(2,3)17-14(20)19-10-8-18(9-11-19)12-13-4-6-16-7-5-13/h13,16H,4-12H2,1-3H3,(H,17,20). The molecule has 20 heavy (non-hydrogen) atoms. The van der Waals surface area contributed by atoms with Gasteiger partial charge in [-0.05, 0) is 52.6 Å². The van der Waals surface area contributed by atoms with E-state index in [1.165, 1.54) is 32.5 Å². The van der Waals surface area contributed by atoms with Gasteiger partial charge < -0.3 is 15.5 Å². The monoisotopic (exact) mass is 282 g/mol. The average Bonchev–Trinajstić information content (AvgIpc) is 2.39. The zero-order valence-corrected chi connectivity index (χ0v) is 13.2. The Balaban J connectivity index is 1.70. The Labute approximate surface area is 123 Å². The topological polar surface area (TPSA) is 47.6 Å². The van der Waals surface area contributed by atoms with E-state index in [1.807, 2.05) is 25.7 Å². The van der Waals surface area contributed by atoms with Crippen molar-refractivity contribution in [3.63, 3.8) is 0 Å².